The van der Waals surface area contributed by atoms with Gasteiger partial charge in [-0.2, -0.15) is 0 Å². The SMILES string of the molecule is C=C(I)[C@@H]1C[C@H]1c1ccccc1. The predicted molar refractivity (Wildman–Crippen MR) is 60.5 cm³/mol. The molecule has 0 amide bonds. The van der Waals surface area contributed by atoms with Crippen LogP contribution >= 0.6 is 22.6 Å². The Morgan fingerprint density at radius 1 is 1.33 bits per heavy atom. The fourth-order valence-corrected chi connectivity index (χ4v) is 2.30. The molecule has 0 nitrogen and oxygen atoms in total. The van der Waals surface area contributed by atoms with Crippen LogP contribution in [-0.4, -0.2) is 0 Å². The molecule has 2 rings (SSSR count). The first kappa shape index (κ1) is 8.30. The zero-order chi connectivity index (χ0) is 8.55. The highest BCUT2D eigenvalue weighted by Gasteiger charge is 2.39. The highest BCUT2D eigenvalue weighted by Crippen LogP contribution is 2.52. The molecule has 0 aromatic heterocycles. The van der Waals surface area contributed by atoms with Gasteiger partial charge < -0.3 is 0 Å². The Hall–Kier alpha value is -0.310. The average Bonchev–Trinajstić information content (AvgIpc) is 2.84. The van der Waals surface area contributed by atoms with Crippen LogP contribution in [0.3, 0.4) is 0 Å². The third-order valence-corrected chi connectivity index (χ3v) is 3.22. The predicted octanol–water partition coefficient (Wildman–Crippen LogP) is 3.74. The van der Waals surface area contributed by atoms with E-state index in [1.54, 1.807) is 0 Å². The highest BCUT2D eigenvalue weighted by atomic mass is 127. The van der Waals surface area contributed by atoms with Crippen molar-refractivity contribution in [1.82, 2.24) is 0 Å². The van der Waals surface area contributed by atoms with Crippen LogP contribution < -0.4 is 0 Å². The number of hydrogen-bond acceptors (Lipinski definition) is 0. The molecular formula is C11H11I. The van der Waals surface area contributed by atoms with Crippen molar-refractivity contribution in [2.75, 3.05) is 0 Å². The van der Waals surface area contributed by atoms with E-state index in [2.05, 4.69) is 59.5 Å². The second-order valence-electron chi connectivity index (χ2n) is 3.31. The zero-order valence-corrected chi connectivity index (χ0v) is 8.99. The van der Waals surface area contributed by atoms with Gasteiger partial charge in [-0.1, -0.05) is 36.9 Å². The zero-order valence-electron chi connectivity index (χ0n) is 6.83. The third kappa shape index (κ3) is 1.56. The van der Waals surface area contributed by atoms with E-state index >= 15 is 0 Å². The molecule has 0 unspecified atom stereocenters. The molecule has 1 heteroatoms. The van der Waals surface area contributed by atoms with Crippen molar-refractivity contribution in [2.24, 2.45) is 5.92 Å². The number of rotatable bonds is 2. The van der Waals surface area contributed by atoms with E-state index < -0.39 is 0 Å². The number of allylic oxidation sites excluding steroid dienone is 1. The van der Waals surface area contributed by atoms with Crippen LogP contribution in [0, 0.1) is 5.92 Å². The van der Waals surface area contributed by atoms with Crippen LogP contribution in [0.15, 0.2) is 40.5 Å². The van der Waals surface area contributed by atoms with Crippen LogP contribution in [-0.2, 0) is 0 Å². The van der Waals surface area contributed by atoms with Crippen LogP contribution in [0.4, 0.5) is 0 Å². The van der Waals surface area contributed by atoms with E-state index in [4.69, 9.17) is 0 Å². The summed E-state index contributed by atoms with van der Waals surface area (Å²) in [5, 5.41) is 0. The Labute approximate surface area is 86.8 Å². The van der Waals surface area contributed by atoms with Gasteiger partial charge in [0.1, 0.15) is 0 Å². The molecule has 12 heavy (non-hydrogen) atoms. The van der Waals surface area contributed by atoms with Gasteiger partial charge in [-0.15, -0.1) is 0 Å². The standard InChI is InChI=1S/C11H11I/c1-8(12)10-7-11(10)9-5-3-2-4-6-9/h2-6,10-11H,1,7H2/t10-,11-/m0/s1. The summed E-state index contributed by atoms with van der Waals surface area (Å²) in [6, 6.07) is 10.7. The Morgan fingerprint density at radius 3 is 2.50 bits per heavy atom. The van der Waals surface area contributed by atoms with Crippen molar-refractivity contribution in [2.45, 2.75) is 12.3 Å². The smallest absolute Gasteiger partial charge is 0.00346 e. The summed E-state index contributed by atoms with van der Waals surface area (Å²) < 4.78 is 1.31. The monoisotopic (exact) mass is 270 g/mol. The maximum Gasteiger partial charge on any atom is -0.00346 e. The normalized spacial score (nSPS) is 26.8. The fourth-order valence-electron chi connectivity index (χ4n) is 1.61. The quantitative estimate of drug-likeness (QED) is 0.718. The third-order valence-electron chi connectivity index (χ3n) is 2.42. The molecule has 0 N–H and O–H groups in total. The van der Waals surface area contributed by atoms with Crippen molar-refractivity contribution < 1.29 is 0 Å². The molecule has 0 radical (unpaired) electrons. The second-order valence-corrected chi connectivity index (χ2v) is 4.69. The van der Waals surface area contributed by atoms with Crippen molar-refractivity contribution in [1.29, 1.82) is 0 Å². The van der Waals surface area contributed by atoms with Gasteiger partial charge in [0, 0.05) is 0 Å². The molecule has 1 aromatic carbocycles. The van der Waals surface area contributed by atoms with Gasteiger partial charge in [-0.25, -0.2) is 0 Å². The van der Waals surface area contributed by atoms with Crippen LogP contribution in [0.5, 0.6) is 0 Å². The fraction of sp³-hybridized carbons (Fsp3) is 0.273. The van der Waals surface area contributed by atoms with Gasteiger partial charge >= 0.3 is 0 Å². The number of halogens is 1. The van der Waals surface area contributed by atoms with Gasteiger partial charge in [0.05, 0.1) is 0 Å². The first-order chi connectivity index (χ1) is 5.79. The van der Waals surface area contributed by atoms with Crippen LogP contribution in [0.1, 0.15) is 17.9 Å². The summed E-state index contributed by atoms with van der Waals surface area (Å²) in [5.74, 6) is 1.50. The van der Waals surface area contributed by atoms with E-state index in [1.807, 2.05) is 0 Å². The van der Waals surface area contributed by atoms with Crippen LogP contribution in [0.2, 0.25) is 0 Å². The van der Waals surface area contributed by atoms with Crippen molar-refractivity contribution >= 4 is 22.6 Å². The van der Waals surface area contributed by atoms with Gasteiger partial charge in [-0.05, 0) is 50.0 Å². The lowest BCUT2D eigenvalue weighted by Crippen LogP contribution is -1.81. The molecule has 2 atom stereocenters. The molecular weight excluding hydrogens is 259 g/mol. The Morgan fingerprint density at radius 2 is 2.00 bits per heavy atom. The highest BCUT2D eigenvalue weighted by molar-refractivity contribution is 14.1. The second kappa shape index (κ2) is 3.21. The van der Waals surface area contributed by atoms with E-state index in [0.717, 1.165) is 11.8 Å². The lowest BCUT2D eigenvalue weighted by molar-refractivity contribution is 1.01. The molecule has 0 spiro atoms. The first-order valence-corrected chi connectivity index (χ1v) is 5.26. The average molecular weight is 270 g/mol. The largest absolute Gasteiger partial charge is 0.0894 e. The minimum Gasteiger partial charge on any atom is -0.0894 e. The van der Waals surface area contributed by atoms with E-state index in [1.165, 1.54) is 15.6 Å². The van der Waals surface area contributed by atoms with Gasteiger partial charge in [0.25, 0.3) is 0 Å². The Balaban J connectivity index is 2.11. The number of benzene rings is 1. The Bertz CT molecular complexity index is 289. The molecule has 0 bridgehead atoms. The topological polar surface area (TPSA) is 0 Å². The van der Waals surface area contributed by atoms with Gasteiger partial charge in [0.2, 0.25) is 0 Å². The van der Waals surface area contributed by atoms with Gasteiger partial charge in [-0.3, -0.25) is 0 Å². The first-order valence-electron chi connectivity index (χ1n) is 4.18. The molecule has 62 valence electrons. The molecule has 1 fully saturated rings. The summed E-state index contributed by atoms with van der Waals surface area (Å²) in [7, 11) is 0. The van der Waals surface area contributed by atoms with E-state index in [-0.39, 0.29) is 0 Å². The summed E-state index contributed by atoms with van der Waals surface area (Å²) in [6.07, 6.45) is 1.30. The molecule has 1 aromatic rings. The lowest BCUT2D eigenvalue weighted by atomic mass is 10.1. The minimum absolute atomic E-state index is 0.744. The molecule has 0 saturated heterocycles. The molecule has 1 aliphatic carbocycles. The van der Waals surface area contributed by atoms with Crippen molar-refractivity contribution in [3.63, 3.8) is 0 Å². The number of hydrogen-bond donors (Lipinski definition) is 0. The summed E-state index contributed by atoms with van der Waals surface area (Å²) in [4.78, 5) is 0. The molecule has 1 aliphatic rings. The van der Waals surface area contributed by atoms with E-state index in [0.29, 0.717) is 0 Å². The maximum absolute atomic E-state index is 3.98. The summed E-state index contributed by atoms with van der Waals surface area (Å²) in [6.45, 7) is 3.98. The van der Waals surface area contributed by atoms with Crippen molar-refractivity contribution in [3.8, 4) is 0 Å². The maximum atomic E-state index is 3.98. The van der Waals surface area contributed by atoms with Gasteiger partial charge in [0.15, 0.2) is 0 Å². The molecule has 1 saturated carbocycles. The lowest BCUT2D eigenvalue weighted by Gasteiger charge is -1.97. The summed E-state index contributed by atoms with van der Waals surface area (Å²) >= 11 is 2.34. The minimum atomic E-state index is 0.744. The molecule has 0 heterocycles. The van der Waals surface area contributed by atoms with Crippen molar-refractivity contribution in [3.05, 3.63) is 46.1 Å². The Kier molecular flexibility index (Phi) is 2.22. The van der Waals surface area contributed by atoms with Crippen LogP contribution in [0.25, 0.3) is 0 Å². The van der Waals surface area contributed by atoms with E-state index in [9.17, 15) is 0 Å². The molecule has 0 aliphatic heterocycles. The summed E-state index contributed by atoms with van der Waals surface area (Å²) in [5.41, 5.74) is 1.47.